The van der Waals surface area contributed by atoms with E-state index in [1.807, 2.05) is 57.2 Å². The number of hydrogen-bond acceptors (Lipinski definition) is 4. The molecule has 0 aliphatic carbocycles. The number of aryl methyl sites for hydroxylation is 1. The predicted molar refractivity (Wildman–Crippen MR) is 144 cm³/mol. The van der Waals surface area contributed by atoms with Gasteiger partial charge in [-0.25, -0.2) is 0 Å². The molecule has 4 rings (SSSR count). The topological polar surface area (TPSA) is 71.4 Å². The summed E-state index contributed by atoms with van der Waals surface area (Å²) in [5, 5.41) is 7.10. The average Bonchev–Trinajstić information content (AvgIpc) is 3.30. The van der Waals surface area contributed by atoms with Crippen LogP contribution in [0.5, 0.6) is 5.75 Å². The first-order valence-electron chi connectivity index (χ1n) is 11.7. The second-order valence-electron chi connectivity index (χ2n) is 9.97. The maximum Gasteiger partial charge on any atom is 0.229 e. The lowest BCUT2D eigenvalue weighted by Gasteiger charge is -2.29. The van der Waals surface area contributed by atoms with E-state index in [1.165, 1.54) is 17.0 Å². The maximum absolute atomic E-state index is 12.6. The molecular weight excluding hydrogens is 458 g/mol. The van der Waals surface area contributed by atoms with Crippen molar-refractivity contribution < 1.29 is 9.53 Å². The lowest BCUT2D eigenvalue weighted by molar-refractivity contribution is -0.123. The van der Waals surface area contributed by atoms with E-state index in [0.29, 0.717) is 16.5 Å². The summed E-state index contributed by atoms with van der Waals surface area (Å²) in [5.74, 6) is 0.495. The number of ether oxygens (including phenoxy) is 1. The monoisotopic (exact) mass is 491 g/mol. The summed E-state index contributed by atoms with van der Waals surface area (Å²) in [4.78, 5) is 19.3. The van der Waals surface area contributed by atoms with Crippen molar-refractivity contribution in [3.63, 3.8) is 0 Å². The van der Waals surface area contributed by atoms with Crippen molar-refractivity contribution in [1.29, 1.82) is 0 Å². The van der Waals surface area contributed by atoms with Gasteiger partial charge in [-0.15, -0.1) is 0 Å². The van der Waals surface area contributed by atoms with Crippen molar-refractivity contribution in [1.82, 2.24) is 14.9 Å². The van der Waals surface area contributed by atoms with Gasteiger partial charge in [0.1, 0.15) is 5.75 Å². The molecule has 2 N–H and O–H groups in total. The number of carbonyl (C=O) groups is 1. The van der Waals surface area contributed by atoms with Crippen molar-refractivity contribution in [2.75, 3.05) is 17.3 Å². The van der Waals surface area contributed by atoms with E-state index in [1.54, 1.807) is 13.3 Å². The Bertz CT molecular complexity index is 1260. The molecule has 3 heterocycles. The second kappa shape index (κ2) is 9.34. The number of thiocarbonyl (C=S) groups is 1. The number of rotatable bonds is 5. The molecule has 1 saturated heterocycles. The standard InChI is InChI=1S/C27H33N5O2S/c1-16-14-19(17(2)31(16)6)24-23(21-10-8-9-13-28-21)30-26(35)32(24)18-11-12-20(22(15-18)34-7)29-25(33)27(3,4)5/h8-15,23-24H,1-7H3,(H,29,33)(H,30,35). The summed E-state index contributed by atoms with van der Waals surface area (Å²) in [6.07, 6.45) is 1.80. The molecule has 0 bridgehead atoms. The highest BCUT2D eigenvalue weighted by Gasteiger charge is 2.42. The van der Waals surface area contributed by atoms with Crippen molar-refractivity contribution in [2.45, 2.75) is 46.7 Å². The molecule has 2 aromatic heterocycles. The van der Waals surface area contributed by atoms with Crippen LogP contribution in [-0.2, 0) is 11.8 Å². The van der Waals surface area contributed by atoms with E-state index in [4.69, 9.17) is 17.0 Å². The first kappa shape index (κ1) is 24.7. The molecule has 2 atom stereocenters. The summed E-state index contributed by atoms with van der Waals surface area (Å²) in [6.45, 7) is 9.87. The number of benzene rings is 1. The van der Waals surface area contributed by atoms with Crippen LogP contribution in [0.25, 0.3) is 0 Å². The molecule has 35 heavy (non-hydrogen) atoms. The smallest absolute Gasteiger partial charge is 0.229 e. The van der Waals surface area contributed by atoms with Gasteiger partial charge in [0.2, 0.25) is 5.91 Å². The molecule has 2 unspecified atom stereocenters. The van der Waals surface area contributed by atoms with Gasteiger partial charge in [0.25, 0.3) is 0 Å². The molecular formula is C27H33N5O2S. The number of anilines is 2. The summed E-state index contributed by atoms with van der Waals surface area (Å²) in [5.41, 5.74) is 5.42. The van der Waals surface area contributed by atoms with Crippen molar-refractivity contribution in [2.24, 2.45) is 12.5 Å². The van der Waals surface area contributed by atoms with Gasteiger partial charge in [0, 0.05) is 41.8 Å². The molecule has 1 aliphatic rings. The summed E-state index contributed by atoms with van der Waals surface area (Å²) < 4.78 is 7.86. The number of amides is 1. The average molecular weight is 492 g/mol. The van der Waals surface area contributed by atoms with E-state index in [-0.39, 0.29) is 18.0 Å². The van der Waals surface area contributed by atoms with Crippen LogP contribution in [0.3, 0.4) is 0 Å². The quantitative estimate of drug-likeness (QED) is 0.478. The summed E-state index contributed by atoms with van der Waals surface area (Å²) in [7, 11) is 3.68. The van der Waals surface area contributed by atoms with E-state index in [2.05, 4.69) is 52.0 Å². The highest BCUT2D eigenvalue weighted by atomic mass is 32.1. The van der Waals surface area contributed by atoms with Crippen LogP contribution in [0, 0.1) is 19.3 Å². The normalized spacial score (nSPS) is 17.9. The Labute approximate surface area is 212 Å². The van der Waals surface area contributed by atoms with Gasteiger partial charge in [0.15, 0.2) is 5.11 Å². The van der Waals surface area contributed by atoms with E-state index in [9.17, 15) is 4.79 Å². The molecule has 1 fully saturated rings. The zero-order valence-electron chi connectivity index (χ0n) is 21.3. The van der Waals surface area contributed by atoms with Gasteiger partial charge in [-0.3, -0.25) is 9.78 Å². The van der Waals surface area contributed by atoms with Crippen LogP contribution < -0.4 is 20.3 Å². The number of aromatic nitrogens is 2. The largest absolute Gasteiger partial charge is 0.494 e. The lowest BCUT2D eigenvalue weighted by atomic mass is 9.95. The Morgan fingerprint density at radius 1 is 1.17 bits per heavy atom. The van der Waals surface area contributed by atoms with Gasteiger partial charge < -0.3 is 24.8 Å². The number of hydrogen-bond donors (Lipinski definition) is 2. The first-order valence-corrected chi connectivity index (χ1v) is 12.1. The van der Waals surface area contributed by atoms with Gasteiger partial charge >= 0.3 is 0 Å². The van der Waals surface area contributed by atoms with Crippen LogP contribution in [0.2, 0.25) is 0 Å². The number of methoxy groups -OCH3 is 1. The van der Waals surface area contributed by atoms with Crippen LogP contribution in [0.1, 0.15) is 55.5 Å². The van der Waals surface area contributed by atoms with E-state index in [0.717, 1.165) is 11.4 Å². The Kier molecular flexibility index (Phi) is 6.60. The number of pyridine rings is 1. The van der Waals surface area contributed by atoms with Crippen molar-refractivity contribution in [3.8, 4) is 5.75 Å². The summed E-state index contributed by atoms with van der Waals surface area (Å²) in [6, 6.07) is 13.7. The first-order chi connectivity index (χ1) is 16.5. The Morgan fingerprint density at radius 3 is 2.49 bits per heavy atom. The molecule has 1 amide bonds. The zero-order chi connectivity index (χ0) is 25.5. The highest BCUT2D eigenvalue weighted by Crippen LogP contribution is 2.44. The van der Waals surface area contributed by atoms with Crippen molar-refractivity contribution >= 4 is 34.6 Å². The maximum atomic E-state index is 12.6. The molecule has 1 aromatic carbocycles. The van der Waals surface area contributed by atoms with E-state index < -0.39 is 5.41 Å². The van der Waals surface area contributed by atoms with Gasteiger partial charge in [-0.05, 0) is 62.0 Å². The molecule has 184 valence electrons. The molecule has 1 aliphatic heterocycles. The molecule has 0 spiro atoms. The Hall–Kier alpha value is -3.39. The lowest BCUT2D eigenvalue weighted by Crippen LogP contribution is -2.30. The molecule has 0 radical (unpaired) electrons. The van der Waals surface area contributed by atoms with Gasteiger partial charge in [-0.2, -0.15) is 0 Å². The van der Waals surface area contributed by atoms with Crippen LogP contribution in [-0.4, -0.2) is 27.7 Å². The fourth-order valence-electron chi connectivity index (χ4n) is 4.38. The minimum atomic E-state index is -0.520. The van der Waals surface area contributed by atoms with Gasteiger partial charge in [0.05, 0.1) is 30.6 Å². The minimum absolute atomic E-state index is 0.0783. The third kappa shape index (κ3) is 4.62. The Morgan fingerprint density at radius 2 is 1.91 bits per heavy atom. The SMILES string of the molecule is COc1cc(N2C(=S)NC(c3ccccn3)C2c2cc(C)n(C)c2C)ccc1NC(=O)C(C)(C)C. The van der Waals surface area contributed by atoms with Crippen molar-refractivity contribution in [3.05, 3.63) is 71.3 Å². The van der Waals surface area contributed by atoms with Crippen LogP contribution in [0.15, 0.2) is 48.7 Å². The number of nitrogens with one attached hydrogen (secondary N) is 2. The minimum Gasteiger partial charge on any atom is -0.494 e. The number of carbonyl (C=O) groups excluding carboxylic acids is 1. The highest BCUT2D eigenvalue weighted by molar-refractivity contribution is 7.80. The van der Waals surface area contributed by atoms with Crippen LogP contribution >= 0.6 is 12.2 Å². The summed E-state index contributed by atoms with van der Waals surface area (Å²) >= 11 is 5.86. The fourth-order valence-corrected chi connectivity index (χ4v) is 4.72. The second-order valence-corrected chi connectivity index (χ2v) is 10.4. The third-order valence-electron chi connectivity index (χ3n) is 6.62. The predicted octanol–water partition coefficient (Wildman–Crippen LogP) is 5.21. The van der Waals surface area contributed by atoms with Crippen LogP contribution in [0.4, 0.5) is 11.4 Å². The molecule has 3 aromatic rings. The zero-order valence-corrected chi connectivity index (χ0v) is 22.2. The third-order valence-corrected chi connectivity index (χ3v) is 6.94. The number of nitrogens with zero attached hydrogens (tertiary/aromatic N) is 3. The Balaban J connectivity index is 1.80. The van der Waals surface area contributed by atoms with E-state index >= 15 is 0 Å². The fraction of sp³-hybridized carbons (Fsp3) is 0.370. The molecule has 8 heteroatoms. The molecule has 7 nitrogen and oxygen atoms in total. The van der Waals surface area contributed by atoms with Gasteiger partial charge in [-0.1, -0.05) is 26.8 Å². The molecule has 0 saturated carbocycles.